The van der Waals surface area contributed by atoms with Gasteiger partial charge in [0.15, 0.2) is 5.78 Å². The Morgan fingerprint density at radius 3 is 1.71 bits per heavy atom. The summed E-state index contributed by atoms with van der Waals surface area (Å²) >= 11 is 0. The smallest absolute Gasteiger partial charge is 0.398 e. The molecule has 0 amide bonds. The van der Waals surface area contributed by atoms with Crippen molar-refractivity contribution in [2.24, 2.45) is 56.7 Å². The van der Waals surface area contributed by atoms with Gasteiger partial charge in [-0.1, -0.05) is 40.2 Å². The number of rotatable bonds is 21. The van der Waals surface area contributed by atoms with E-state index in [1.54, 1.807) is 26.8 Å². The number of ether oxygens (including phenoxy) is 2. The average Bonchev–Trinajstić information content (AvgIpc) is 3.21. The lowest BCUT2D eigenvalue weighted by molar-refractivity contribution is -0.218. The van der Waals surface area contributed by atoms with Gasteiger partial charge in [-0.3, -0.25) is 36.9 Å². The summed E-state index contributed by atoms with van der Waals surface area (Å²) in [5.74, 6) is -4.40. The fourth-order valence-electron chi connectivity index (χ4n) is 14.3. The summed E-state index contributed by atoms with van der Waals surface area (Å²) < 4.78 is 245. The number of carbonyl (C=O) groups excluding carboxylic acids is 1. The van der Waals surface area contributed by atoms with Gasteiger partial charge in [0.1, 0.15) is 37.1 Å². The van der Waals surface area contributed by atoms with E-state index in [-0.39, 0.29) is 41.8 Å². The minimum absolute atomic E-state index is 0.0541. The molecule has 3 unspecified atom stereocenters. The molecule has 15 atom stereocenters. The molecular weight excluding hydrogens is 1150 g/mol. The number of ketones is 1. The van der Waals surface area contributed by atoms with E-state index in [0.717, 1.165) is 25.3 Å². The Morgan fingerprint density at radius 2 is 1.20 bits per heavy atom. The predicted molar refractivity (Wildman–Crippen MR) is 254 cm³/mol. The number of carboxylic acid groups (broad SMARTS) is 1. The fraction of sp³-hybridized carbons (Fsp3) is 0.902. The van der Waals surface area contributed by atoms with Crippen LogP contribution in [-0.2, 0) is 107 Å². The first-order valence-electron chi connectivity index (χ1n) is 23.8. The van der Waals surface area contributed by atoms with Crippen LogP contribution < -0.4 is 0 Å². The minimum atomic E-state index is -6.05. The van der Waals surface area contributed by atoms with Crippen molar-refractivity contribution in [3.63, 3.8) is 0 Å². The summed E-state index contributed by atoms with van der Waals surface area (Å²) in [4.78, 5) is 27.4. The molecule has 35 heteroatoms. The molecule has 7 N–H and O–H groups in total. The first kappa shape index (κ1) is 63.2. The largest absolute Gasteiger partial charge is 0.481 e. The van der Waals surface area contributed by atoms with Crippen molar-refractivity contribution in [2.45, 2.75) is 155 Å². The number of carbonyl (C=O) groups is 2. The second kappa shape index (κ2) is 21.1. The molecule has 1 aliphatic heterocycles. The molecule has 0 aromatic heterocycles. The van der Waals surface area contributed by atoms with Gasteiger partial charge in [0.2, 0.25) is 0 Å². The molecule has 0 radical (unpaired) electrons. The number of allylic oxidation sites excluding steroid dienone is 2. The lowest BCUT2D eigenvalue weighted by atomic mass is 9.37. The number of carboxylic acids is 1. The summed E-state index contributed by atoms with van der Waals surface area (Å²) in [6.07, 6.45) is -8.50. The van der Waals surface area contributed by atoms with E-state index in [1.807, 2.05) is 6.92 Å². The van der Waals surface area contributed by atoms with Gasteiger partial charge >= 0.3 is 68.4 Å². The lowest BCUT2D eigenvalue weighted by Gasteiger charge is -2.67. The zero-order valence-electron chi connectivity index (χ0n) is 42.2. The molecule has 5 fully saturated rings. The molecule has 0 spiro atoms. The van der Waals surface area contributed by atoms with Gasteiger partial charge in [0.05, 0.1) is 30.3 Å². The first-order valence-corrected chi connectivity index (χ1v) is 32.0. The highest BCUT2D eigenvalue weighted by Crippen LogP contribution is 2.71. The van der Waals surface area contributed by atoms with Crippen LogP contribution in [0.25, 0.3) is 0 Å². The first-order chi connectivity index (χ1) is 34.2. The van der Waals surface area contributed by atoms with E-state index in [1.165, 1.54) is 0 Å². The van der Waals surface area contributed by atoms with Crippen LogP contribution in [0.4, 0.5) is 0 Å². The van der Waals surface area contributed by atoms with Crippen LogP contribution in [0.5, 0.6) is 0 Å². The Kier molecular flexibility index (Phi) is 17.5. The number of fused-ring (bicyclic) bond motifs is 7. The zero-order chi connectivity index (χ0) is 57.6. The second-order valence-corrected chi connectivity index (χ2v) is 29.2. The van der Waals surface area contributed by atoms with E-state index in [0.29, 0.717) is 32.1 Å². The number of aliphatic carboxylic acids is 1. The average molecular weight is 1220 g/mol. The van der Waals surface area contributed by atoms with Crippen LogP contribution in [0, 0.1) is 56.7 Å². The van der Waals surface area contributed by atoms with Gasteiger partial charge < -0.3 is 14.6 Å². The Balaban J connectivity index is 1.42. The molecule has 1 saturated heterocycles. The van der Waals surface area contributed by atoms with E-state index in [9.17, 15) is 92.5 Å². The van der Waals surface area contributed by atoms with E-state index < -0.39 is 170 Å². The van der Waals surface area contributed by atoms with Gasteiger partial charge in [-0.2, -0.15) is 50.5 Å². The van der Waals surface area contributed by atoms with Crippen molar-refractivity contribution in [3.05, 3.63) is 11.6 Å². The highest BCUT2D eigenvalue weighted by atomic mass is 32.3. The van der Waals surface area contributed by atoms with Crippen molar-refractivity contribution in [3.8, 4) is 0 Å². The summed E-state index contributed by atoms with van der Waals surface area (Å²) in [5.41, 5.74) is -6.00. The van der Waals surface area contributed by atoms with Crippen LogP contribution >= 0.6 is 0 Å². The molecule has 440 valence electrons. The van der Waals surface area contributed by atoms with Gasteiger partial charge in [0.25, 0.3) is 0 Å². The van der Waals surface area contributed by atoms with E-state index in [2.05, 4.69) is 34.8 Å². The van der Waals surface area contributed by atoms with Gasteiger partial charge in [-0.15, -0.1) is 0 Å². The van der Waals surface area contributed by atoms with E-state index in [4.69, 9.17) is 13.7 Å². The molecular formula is C41H66O29S6. The Hall–Kier alpha value is -1.98. The molecule has 6 aliphatic rings. The van der Waals surface area contributed by atoms with Crippen LogP contribution in [0.3, 0.4) is 0 Å². The molecule has 0 bridgehead atoms. The molecule has 5 aliphatic carbocycles. The maximum Gasteiger partial charge on any atom is 0.398 e. The third kappa shape index (κ3) is 13.8. The van der Waals surface area contributed by atoms with Gasteiger partial charge in [0, 0.05) is 11.8 Å². The van der Waals surface area contributed by atoms with Crippen molar-refractivity contribution < 1.29 is 127 Å². The minimum Gasteiger partial charge on any atom is -0.481 e. The van der Waals surface area contributed by atoms with Gasteiger partial charge in [-0.25, -0.2) is 25.1 Å². The monoisotopic (exact) mass is 1210 g/mol. The zero-order valence-corrected chi connectivity index (χ0v) is 47.1. The maximum atomic E-state index is 14.9. The predicted octanol–water partition coefficient (Wildman–Crippen LogP) is 2.60. The summed E-state index contributed by atoms with van der Waals surface area (Å²) in [6, 6.07) is 0. The maximum absolute atomic E-state index is 14.9. The summed E-state index contributed by atoms with van der Waals surface area (Å²) in [7, 11) is -35.0. The molecule has 4 saturated carbocycles. The molecule has 1 heterocycles. The van der Waals surface area contributed by atoms with Gasteiger partial charge in [-0.05, 0) is 124 Å². The second-order valence-electron chi connectivity index (χ2n) is 22.9. The van der Waals surface area contributed by atoms with Crippen molar-refractivity contribution in [1.29, 1.82) is 0 Å². The van der Waals surface area contributed by atoms with Crippen molar-refractivity contribution in [1.82, 2.24) is 0 Å². The summed E-state index contributed by atoms with van der Waals surface area (Å²) in [5, 5.41) is 10.3. The highest BCUT2D eigenvalue weighted by Gasteiger charge is 2.68. The van der Waals surface area contributed by atoms with Crippen molar-refractivity contribution >= 4 is 74.1 Å². The van der Waals surface area contributed by atoms with Crippen LogP contribution in [0.15, 0.2) is 11.6 Å². The normalized spacial score (nSPS) is 37.9. The highest BCUT2D eigenvalue weighted by molar-refractivity contribution is 7.82. The summed E-state index contributed by atoms with van der Waals surface area (Å²) in [6.45, 7) is 7.55. The third-order valence-electron chi connectivity index (χ3n) is 17.7. The van der Waals surface area contributed by atoms with Crippen molar-refractivity contribution in [2.75, 3.05) is 19.8 Å². The fourth-order valence-corrected chi connectivity index (χ4v) is 17.3. The van der Waals surface area contributed by atoms with Crippen LogP contribution in [-0.4, -0.2) is 157 Å². The molecule has 29 nitrogen and oxygen atoms in total. The number of hydrogen-bond acceptors (Lipinski definition) is 22. The quantitative estimate of drug-likeness (QED) is 0.0812. The van der Waals surface area contributed by atoms with E-state index >= 15 is 0 Å². The molecule has 0 aromatic carbocycles. The Bertz CT molecular complexity index is 2940. The molecule has 6 rings (SSSR count). The third-order valence-corrected chi connectivity index (χ3v) is 20.5. The molecule has 0 aromatic rings. The lowest BCUT2D eigenvalue weighted by Crippen LogP contribution is -2.64. The Labute approximate surface area is 442 Å². The van der Waals surface area contributed by atoms with Crippen LogP contribution in [0.1, 0.15) is 113 Å². The van der Waals surface area contributed by atoms with Crippen LogP contribution in [0.2, 0.25) is 0 Å². The SMILES string of the molecule is C[C@@H]1O[C@@H](CC(CO[C@H]2CC[C@]3(C)[C@H]4C(=O)C=C5C(CC[C@@]6(C)CCC(C)(C(=O)O)C[C@@H]56)[C@]4(C)CC[C@H]3C2(C)C)C(COS(=O)(=O)O)(COS(=O)(=O)O)OS(=O)(=O)O)[C@@H](OS(=O)(=O)O)[C@H](OS(=O)(=O)O)[C@@H]1OS(=O)(=O)O. The Morgan fingerprint density at radius 1 is 0.671 bits per heavy atom. The topological polar surface area (TPSA) is 454 Å². The number of hydrogen-bond donors (Lipinski definition) is 7. The molecule has 76 heavy (non-hydrogen) atoms. The standard InChI is InChI=1S/C41H66O29S6/c1-22-31(67-73(51,52)53)33(69-75(57,58)59)32(68-74(54,55)56)28(66-22)16-23(41(70-76(60,61)62,20-64-71(45,46)47)21-65-72(48,49)50)19-63-30-10-13-40(7)29(36(30,2)3)9-12-39(6)25-8-11-37(4)14-15-38(5,35(43)44)18-26(37)24(25)17-27(42)34(39)40/h17,22-23,25-26,28-34H,8-16,18-21H2,1-7H3,(H,43,44)(H,45,46,47)(H,48,49,50)(H,51,52,53)(H,54,55,56)(H,57,58,59)(H,60,61,62)/t22-,23?,25?,26-,28-,29-,30-,31+,32+,33+,34-,37-,38?,39-,40-/m0/s1.